The van der Waals surface area contributed by atoms with Gasteiger partial charge in [-0.2, -0.15) is 0 Å². The second kappa shape index (κ2) is 15.0. The molecule has 0 aliphatic heterocycles. The van der Waals surface area contributed by atoms with Crippen LogP contribution in [0.25, 0.3) is 0 Å². The molecule has 0 amide bonds. The first-order valence-corrected chi connectivity index (χ1v) is 15.9. The molecule has 2 aliphatic rings. The molecule has 0 heteroatoms. The van der Waals surface area contributed by atoms with Crippen molar-refractivity contribution in [3.05, 3.63) is 70.8 Å². The van der Waals surface area contributed by atoms with E-state index in [-0.39, 0.29) is 0 Å². The smallest absolute Gasteiger partial charge is 0.0162 e. The van der Waals surface area contributed by atoms with Crippen LogP contribution in [-0.4, -0.2) is 0 Å². The molecule has 2 aromatic carbocycles. The molecule has 0 N–H and O–H groups in total. The quantitative estimate of drug-likeness (QED) is 0.247. The Morgan fingerprint density at radius 3 is 1.17 bits per heavy atom. The molecular weight excluding hydrogens is 432 g/mol. The molecule has 0 atom stereocenters. The van der Waals surface area contributed by atoms with Gasteiger partial charge in [0.2, 0.25) is 0 Å². The highest BCUT2D eigenvalue weighted by Crippen LogP contribution is 2.39. The van der Waals surface area contributed by atoms with Crippen LogP contribution in [0.2, 0.25) is 0 Å². The number of hydrogen-bond acceptors (Lipinski definition) is 0. The highest BCUT2D eigenvalue weighted by atomic mass is 14.3. The SMILES string of the molecule is CCCCCC1CCC(c2ccc(CCc3ccc(C4CCC(CCCCC)CC4)cc3)cc2)CC1. The largest absolute Gasteiger partial charge is 0.0654 e. The van der Waals surface area contributed by atoms with E-state index in [1.165, 1.54) is 114 Å². The minimum atomic E-state index is 0.806. The van der Waals surface area contributed by atoms with Crippen molar-refractivity contribution in [3.63, 3.8) is 0 Å². The molecule has 0 bridgehead atoms. The molecule has 0 heterocycles. The van der Waals surface area contributed by atoms with Gasteiger partial charge in [0.25, 0.3) is 0 Å². The van der Waals surface area contributed by atoms with Crippen LogP contribution in [0.1, 0.15) is 151 Å². The molecule has 2 fully saturated rings. The maximum atomic E-state index is 2.44. The molecule has 0 nitrogen and oxygen atoms in total. The van der Waals surface area contributed by atoms with Gasteiger partial charge in [-0.25, -0.2) is 0 Å². The lowest BCUT2D eigenvalue weighted by Crippen LogP contribution is -2.13. The van der Waals surface area contributed by atoms with Gasteiger partial charge in [-0.15, -0.1) is 0 Å². The molecule has 2 aliphatic carbocycles. The summed E-state index contributed by atoms with van der Waals surface area (Å²) in [4.78, 5) is 0. The van der Waals surface area contributed by atoms with Gasteiger partial charge in [-0.05, 0) is 110 Å². The van der Waals surface area contributed by atoms with Crippen molar-refractivity contribution < 1.29 is 0 Å². The predicted molar refractivity (Wildman–Crippen MR) is 158 cm³/mol. The first kappa shape index (κ1) is 27.5. The van der Waals surface area contributed by atoms with Crippen molar-refractivity contribution in [2.75, 3.05) is 0 Å². The van der Waals surface area contributed by atoms with Crippen LogP contribution in [-0.2, 0) is 12.8 Å². The zero-order valence-electron chi connectivity index (χ0n) is 23.7. The minimum Gasteiger partial charge on any atom is -0.0654 e. The zero-order chi connectivity index (χ0) is 25.0. The van der Waals surface area contributed by atoms with Gasteiger partial charge in [0, 0.05) is 0 Å². The third-order valence-electron chi connectivity index (χ3n) is 9.73. The number of aryl methyl sites for hydroxylation is 2. The van der Waals surface area contributed by atoms with Crippen molar-refractivity contribution in [1.82, 2.24) is 0 Å². The van der Waals surface area contributed by atoms with Crippen LogP contribution in [0, 0.1) is 11.8 Å². The van der Waals surface area contributed by atoms with Crippen LogP contribution >= 0.6 is 0 Å². The minimum absolute atomic E-state index is 0.806. The topological polar surface area (TPSA) is 0 Å². The summed E-state index contributed by atoms with van der Waals surface area (Å²) in [6, 6.07) is 19.4. The van der Waals surface area contributed by atoms with E-state index in [0.717, 1.165) is 36.5 Å². The Balaban J connectivity index is 1.17. The van der Waals surface area contributed by atoms with Crippen LogP contribution in [0.5, 0.6) is 0 Å². The van der Waals surface area contributed by atoms with Gasteiger partial charge in [-0.1, -0.05) is 114 Å². The zero-order valence-corrected chi connectivity index (χ0v) is 23.7. The number of hydrogen-bond donors (Lipinski definition) is 0. The summed E-state index contributed by atoms with van der Waals surface area (Å²) in [5.41, 5.74) is 6.18. The van der Waals surface area contributed by atoms with E-state index in [0.29, 0.717) is 0 Å². The van der Waals surface area contributed by atoms with Crippen molar-refractivity contribution in [1.29, 1.82) is 0 Å². The van der Waals surface area contributed by atoms with E-state index in [1.807, 2.05) is 0 Å². The number of rotatable bonds is 13. The van der Waals surface area contributed by atoms with Crippen molar-refractivity contribution in [3.8, 4) is 0 Å². The summed E-state index contributed by atoms with van der Waals surface area (Å²) in [6.07, 6.45) is 25.1. The highest BCUT2D eigenvalue weighted by molar-refractivity contribution is 5.29. The van der Waals surface area contributed by atoms with E-state index in [1.54, 1.807) is 11.1 Å². The van der Waals surface area contributed by atoms with E-state index >= 15 is 0 Å². The Labute approximate surface area is 223 Å². The van der Waals surface area contributed by atoms with E-state index in [2.05, 4.69) is 62.4 Å². The summed E-state index contributed by atoms with van der Waals surface area (Å²) in [6.45, 7) is 4.63. The van der Waals surface area contributed by atoms with E-state index in [9.17, 15) is 0 Å². The lowest BCUT2D eigenvalue weighted by atomic mass is 9.77. The summed E-state index contributed by atoms with van der Waals surface area (Å²) in [5, 5.41) is 0. The summed E-state index contributed by atoms with van der Waals surface area (Å²) in [5.74, 6) is 3.62. The summed E-state index contributed by atoms with van der Waals surface area (Å²) in [7, 11) is 0. The van der Waals surface area contributed by atoms with Crippen LogP contribution < -0.4 is 0 Å². The number of benzene rings is 2. The average molecular weight is 487 g/mol. The molecule has 0 saturated heterocycles. The lowest BCUT2D eigenvalue weighted by Gasteiger charge is -2.29. The van der Waals surface area contributed by atoms with E-state index < -0.39 is 0 Å². The second-order valence-electron chi connectivity index (χ2n) is 12.4. The Morgan fingerprint density at radius 2 is 0.833 bits per heavy atom. The summed E-state index contributed by atoms with van der Waals surface area (Å²) >= 11 is 0. The van der Waals surface area contributed by atoms with Crippen molar-refractivity contribution >= 4 is 0 Å². The maximum absolute atomic E-state index is 2.44. The molecule has 0 aromatic heterocycles. The normalized spacial score (nSPS) is 24.6. The second-order valence-corrected chi connectivity index (χ2v) is 12.4. The fourth-order valence-electron chi connectivity index (χ4n) is 7.14. The fraction of sp³-hybridized carbons (Fsp3) is 0.667. The standard InChI is InChI=1S/C36H54/c1-3-5-7-9-29-13-21-33(22-14-29)35-25-17-31(18-26-35)11-12-32-19-27-36(28-20-32)34-23-15-30(16-24-34)10-8-6-4-2/h17-20,25-30,33-34H,3-16,21-24H2,1-2H3. The monoisotopic (exact) mass is 486 g/mol. The molecule has 36 heavy (non-hydrogen) atoms. The first-order chi connectivity index (χ1) is 17.7. The molecule has 4 rings (SSSR count). The molecule has 0 radical (unpaired) electrons. The van der Waals surface area contributed by atoms with Gasteiger partial charge >= 0.3 is 0 Å². The lowest BCUT2D eigenvalue weighted by molar-refractivity contribution is 0.303. The third kappa shape index (κ3) is 8.49. The van der Waals surface area contributed by atoms with Crippen LogP contribution in [0.4, 0.5) is 0 Å². The van der Waals surface area contributed by atoms with Gasteiger partial charge in [0.1, 0.15) is 0 Å². The fourth-order valence-corrected chi connectivity index (χ4v) is 7.14. The Bertz CT molecular complexity index is 755. The van der Waals surface area contributed by atoms with E-state index in [4.69, 9.17) is 0 Å². The van der Waals surface area contributed by atoms with Crippen LogP contribution in [0.15, 0.2) is 48.5 Å². The Kier molecular flexibility index (Phi) is 11.4. The molecule has 2 saturated carbocycles. The first-order valence-electron chi connectivity index (χ1n) is 15.9. The van der Waals surface area contributed by atoms with Gasteiger partial charge < -0.3 is 0 Å². The third-order valence-corrected chi connectivity index (χ3v) is 9.73. The highest BCUT2D eigenvalue weighted by Gasteiger charge is 2.23. The Hall–Kier alpha value is -1.56. The summed E-state index contributed by atoms with van der Waals surface area (Å²) < 4.78 is 0. The molecular formula is C36H54. The molecule has 0 unspecified atom stereocenters. The number of unbranched alkanes of at least 4 members (excludes halogenated alkanes) is 4. The predicted octanol–water partition coefficient (Wildman–Crippen LogP) is 11.2. The van der Waals surface area contributed by atoms with Crippen LogP contribution in [0.3, 0.4) is 0 Å². The average Bonchev–Trinajstić information content (AvgIpc) is 2.94. The van der Waals surface area contributed by atoms with Gasteiger partial charge in [-0.3, -0.25) is 0 Å². The Morgan fingerprint density at radius 1 is 0.472 bits per heavy atom. The van der Waals surface area contributed by atoms with Crippen molar-refractivity contribution in [2.24, 2.45) is 11.8 Å². The molecule has 0 spiro atoms. The molecule has 198 valence electrons. The maximum Gasteiger partial charge on any atom is -0.0162 e. The molecule has 2 aromatic rings. The van der Waals surface area contributed by atoms with Gasteiger partial charge in [0.05, 0.1) is 0 Å². The van der Waals surface area contributed by atoms with Gasteiger partial charge in [0.15, 0.2) is 0 Å². The van der Waals surface area contributed by atoms with Crippen molar-refractivity contribution in [2.45, 2.75) is 141 Å².